The van der Waals surface area contributed by atoms with Crippen molar-refractivity contribution in [2.45, 2.75) is 50.7 Å². The minimum absolute atomic E-state index is 0.228. The van der Waals surface area contributed by atoms with Crippen molar-refractivity contribution >= 4 is 12.9 Å². The van der Waals surface area contributed by atoms with E-state index in [2.05, 4.69) is 24.3 Å². The number of hydrogen-bond donors (Lipinski definition) is 0. The number of allylic oxidation sites excluding steroid dienone is 4. The number of rotatable bonds is 4. The Kier molecular flexibility index (Phi) is 4.17. The van der Waals surface area contributed by atoms with Crippen molar-refractivity contribution in [1.29, 1.82) is 0 Å². The molecule has 4 nitrogen and oxygen atoms in total. The van der Waals surface area contributed by atoms with E-state index in [4.69, 9.17) is 9.47 Å². The molecular weight excluding hydrogens is 328 g/mol. The van der Waals surface area contributed by atoms with E-state index in [1.807, 2.05) is 0 Å². The van der Waals surface area contributed by atoms with Gasteiger partial charge in [-0.1, -0.05) is 24.3 Å². The van der Waals surface area contributed by atoms with Crippen LogP contribution < -0.4 is 0 Å². The SMILES string of the molecule is O=COC1CC2CC1C1C=CCC21.O=COC1CC2CC1C1CC=CC21. The summed E-state index contributed by atoms with van der Waals surface area (Å²) in [7, 11) is 0. The third kappa shape index (κ3) is 2.48. The van der Waals surface area contributed by atoms with Crippen LogP contribution in [0.5, 0.6) is 0 Å². The fraction of sp³-hybridized carbons (Fsp3) is 0.727. The van der Waals surface area contributed by atoms with E-state index in [0.29, 0.717) is 24.8 Å². The molecule has 140 valence electrons. The second kappa shape index (κ2) is 6.54. The van der Waals surface area contributed by atoms with E-state index in [1.54, 1.807) is 0 Å². The lowest BCUT2D eigenvalue weighted by Gasteiger charge is -2.29. The van der Waals surface area contributed by atoms with Crippen LogP contribution in [0, 0.1) is 47.3 Å². The zero-order valence-electron chi connectivity index (χ0n) is 15.1. The molecule has 0 heterocycles. The summed E-state index contributed by atoms with van der Waals surface area (Å²) in [5.74, 6) is 6.16. The number of hydrogen-bond acceptors (Lipinski definition) is 4. The summed E-state index contributed by atoms with van der Waals surface area (Å²) in [6, 6.07) is 0. The Bertz CT molecular complexity index is 626. The van der Waals surface area contributed by atoms with E-state index in [1.165, 1.54) is 25.7 Å². The Hall–Kier alpha value is -1.58. The lowest BCUT2D eigenvalue weighted by Crippen LogP contribution is -2.30. The van der Waals surface area contributed by atoms with Gasteiger partial charge in [0.05, 0.1) is 0 Å². The summed E-state index contributed by atoms with van der Waals surface area (Å²) in [4.78, 5) is 20.6. The van der Waals surface area contributed by atoms with Crippen molar-refractivity contribution in [3.8, 4) is 0 Å². The van der Waals surface area contributed by atoms with E-state index in [0.717, 1.165) is 48.3 Å². The molecule has 4 heteroatoms. The average Bonchev–Trinajstić information content (AvgIpc) is 3.40. The summed E-state index contributed by atoms with van der Waals surface area (Å²) >= 11 is 0. The third-order valence-corrected chi connectivity index (χ3v) is 8.35. The molecule has 0 spiro atoms. The van der Waals surface area contributed by atoms with E-state index in [9.17, 15) is 9.59 Å². The van der Waals surface area contributed by atoms with Crippen LogP contribution in [0.3, 0.4) is 0 Å². The molecule has 4 fully saturated rings. The molecule has 0 N–H and O–H groups in total. The molecule has 0 aromatic carbocycles. The van der Waals surface area contributed by atoms with Crippen molar-refractivity contribution in [3.05, 3.63) is 24.3 Å². The van der Waals surface area contributed by atoms with Crippen molar-refractivity contribution in [3.63, 3.8) is 0 Å². The monoisotopic (exact) mass is 356 g/mol. The average molecular weight is 356 g/mol. The maximum Gasteiger partial charge on any atom is 0.293 e. The fourth-order valence-corrected chi connectivity index (χ4v) is 7.44. The van der Waals surface area contributed by atoms with Gasteiger partial charge in [-0.2, -0.15) is 0 Å². The highest BCUT2D eigenvalue weighted by molar-refractivity contribution is 5.38. The van der Waals surface area contributed by atoms with Crippen molar-refractivity contribution in [2.75, 3.05) is 0 Å². The minimum atomic E-state index is 0.228. The van der Waals surface area contributed by atoms with Crippen LogP contribution in [0.1, 0.15) is 38.5 Å². The van der Waals surface area contributed by atoms with E-state index >= 15 is 0 Å². The van der Waals surface area contributed by atoms with E-state index < -0.39 is 0 Å². The number of carbonyl (C=O) groups is 2. The molecule has 4 bridgehead atoms. The van der Waals surface area contributed by atoms with Gasteiger partial charge in [0.25, 0.3) is 12.9 Å². The van der Waals surface area contributed by atoms with Crippen LogP contribution in [0.4, 0.5) is 0 Å². The Balaban J connectivity index is 0.000000115. The van der Waals surface area contributed by atoms with Gasteiger partial charge in [0.1, 0.15) is 12.2 Å². The Labute approximate surface area is 155 Å². The first kappa shape index (κ1) is 16.6. The molecule has 6 aliphatic carbocycles. The van der Waals surface area contributed by atoms with Gasteiger partial charge >= 0.3 is 0 Å². The molecule has 0 radical (unpaired) electrons. The molecule has 0 amide bonds. The van der Waals surface area contributed by atoms with Gasteiger partial charge in [0, 0.05) is 5.92 Å². The highest BCUT2D eigenvalue weighted by Gasteiger charge is 2.54. The highest BCUT2D eigenvalue weighted by Crippen LogP contribution is 2.58. The summed E-state index contributed by atoms with van der Waals surface area (Å²) in [6.45, 7) is 1.25. The summed E-state index contributed by atoms with van der Waals surface area (Å²) < 4.78 is 10.3. The zero-order chi connectivity index (χ0) is 17.7. The Morgan fingerprint density at radius 2 is 1.27 bits per heavy atom. The van der Waals surface area contributed by atoms with Gasteiger partial charge in [-0.05, 0) is 80.0 Å². The number of carbonyl (C=O) groups excluding carboxylic acids is 2. The maximum absolute atomic E-state index is 10.3. The summed E-state index contributed by atoms with van der Waals surface area (Å²) in [6.07, 6.45) is 17.1. The molecular formula is C22H28O4. The van der Waals surface area contributed by atoms with Gasteiger partial charge in [0.2, 0.25) is 0 Å². The largest absolute Gasteiger partial charge is 0.464 e. The smallest absolute Gasteiger partial charge is 0.293 e. The molecule has 0 aliphatic heterocycles. The van der Waals surface area contributed by atoms with Gasteiger partial charge in [-0.25, -0.2) is 0 Å². The van der Waals surface area contributed by atoms with Crippen LogP contribution in [-0.2, 0) is 19.1 Å². The minimum Gasteiger partial charge on any atom is -0.464 e. The standard InChI is InChI=1S/2C11H14O2/c2*12-6-13-11-5-7-4-10(11)9-3-1-2-8(7)9/h1,3,6-11H,2,4-5H2;1-2,6-11H,3-5H2. The van der Waals surface area contributed by atoms with Gasteiger partial charge < -0.3 is 9.47 Å². The lowest BCUT2D eigenvalue weighted by molar-refractivity contribution is -0.138. The zero-order valence-corrected chi connectivity index (χ0v) is 15.1. The molecule has 10 unspecified atom stereocenters. The van der Waals surface area contributed by atoms with Gasteiger partial charge in [-0.3, -0.25) is 9.59 Å². The lowest BCUT2D eigenvalue weighted by atomic mass is 9.80. The van der Waals surface area contributed by atoms with Crippen LogP contribution >= 0.6 is 0 Å². The first-order chi connectivity index (χ1) is 12.8. The van der Waals surface area contributed by atoms with E-state index in [-0.39, 0.29) is 12.2 Å². The van der Waals surface area contributed by atoms with Crippen molar-refractivity contribution in [2.24, 2.45) is 47.3 Å². The summed E-state index contributed by atoms with van der Waals surface area (Å²) in [5, 5.41) is 0. The maximum atomic E-state index is 10.3. The Morgan fingerprint density at radius 1 is 0.654 bits per heavy atom. The molecule has 0 aromatic heterocycles. The molecule has 0 aromatic rings. The van der Waals surface area contributed by atoms with Crippen LogP contribution in [0.25, 0.3) is 0 Å². The topological polar surface area (TPSA) is 52.6 Å². The first-order valence-corrected chi connectivity index (χ1v) is 10.3. The number of fused-ring (bicyclic) bond motifs is 10. The first-order valence-electron chi connectivity index (χ1n) is 10.3. The van der Waals surface area contributed by atoms with Crippen molar-refractivity contribution < 1.29 is 19.1 Å². The predicted octanol–water partition coefficient (Wildman–Crippen LogP) is 3.52. The van der Waals surface area contributed by atoms with Crippen LogP contribution in [0.2, 0.25) is 0 Å². The second-order valence-electron chi connectivity index (χ2n) is 9.14. The normalized spacial score (nSPS) is 50.9. The second-order valence-corrected chi connectivity index (χ2v) is 9.14. The molecule has 4 saturated carbocycles. The summed E-state index contributed by atoms with van der Waals surface area (Å²) in [5.41, 5.74) is 0. The van der Waals surface area contributed by atoms with Gasteiger partial charge in [0.15, 0.2) is 0 Å². The molecule has 6 aliphatic rings. The number of ether oxygens (including phenoxy) is 2. The third-order valence-electron chi connectivity index (χ3n) is 8.35. The quantitative estimate of drug-likeness (QED) is 0.571. The molecule has 26 heavy (non-hydrogen) atoms. The van der Waals surface area contributed by atoms with Gasteiger partial charge in [-0.15, -0.1) is 0 Å². The molecule has 6 rings (SSSR count). The van der Waals surface area contributed by atoms with Crippen LogP contribution in [0.15, 0.2) is 24.3 Å². The molecule has 0 saturated heterocycles. The predicted molar refractivity (Wildman–Crippen MR) is 95.8 cm³/mol. The Morgan fingerprint density at radius 3 is 2.04 bits per heavy atom. The highest BCUT2D eigenvalue weighted by atomic mass is 16.5. The fourth-order valence-electron chi connectivity index (χ4n) is 7.44. The van der Waals surface area contributed by atoms with Crippen molar-refractivity contribution in [1.82, 2.24) is 0 Å². The van der Waals surface area contributed by atoms with Crippen LogP contribution in [-0.4, -0.2) is 25.2 Å². The molecule has 10 atom stereocenters.